The maximum Gasteiger partial charge on any atom is 0.251 e. The topological polar surface area (TPSA) is 76.4 Å². The molecule has 3 rings (SSSR count). The van der Waals surface area contributed by atoms with Gasteiger partial charge in [0, 0.05) is 17.1 Å². The average Bonchev–Trinajstić information content (AvgIpc) is 3.16. The molecule has 0 bridgehead atoms. The number of halogens is 2. The minimum Gasteiger partial charge on any atom is -0.468 e. The van der Waals surface area contributed by atoms with Crippen LogP contribution in [0.3, 0.4) is 0 Å². The van der Waals surface area contributed by atoms with Gasteiger partial charge in [-0.3, -0.25) is 4.79 Å². The molecule has 140 valence electrons. The van der Waals surface area contributed by atoms with E-state index in [-0.39, 0.29) is 17.2 Å². The van der Waals surface area contributed by atoms with Crippen molar-refractivity contribution in [3.63, 3.8) is 0 Å². The molecule has 27 heavy (non-hydrogen) atoms. The van der Waals surface area contributed by atoms with E-state index in [1.165, 1.54) is 30.5 Å². The highest BCUT2D eigenvalue weighted by Crippen LogP contribution is 2.29. The Hall–Kier alpha value is -2.64. The van der Waals surface area contributed by atoms with E-state index in [4.69, 9.17) is 16.0 Å². The number of hydrogen-bond donors (Lipinski definition) is 1. The molecule has 0 saturated carbocycles. The smallest absolute Gasteiger partial charge is 0.251 e. The first kappa shape index (κ1) is 19.1. The second-order valence-corrected chi connectivity index (χ2v) is 8.29. The summed E-state index contributed by atoms with van der Waals surface area (Å²) < 4.78 is 44.4. The van der Waals surface area contributed by atoms with Crippen LogP contribution < -0.4 is 5.32 Å². The number of sulfone groups is 1. The van der Waals surface area contributed by atoms with E-state index in [0.29, 0.717) is 10.6 Å². The fourth-order valence-corrected chi connectivity index (χ4v) is 4.32. The van der Waals surface area contributed by atoms with E-state index in [2.05, 4.69) is 5.32 Å². The summed E-state index contributed by atoms with van der Waals surface area (Å²) in [5.74, 6) is -0.841. The van der Waals surface area contributed by atoms with Crippen molar-refractivity contribution in [2.75, 3.05) is 6.54 Å². The Morgan fingerprint density at radius 3 is 2.48 bits per heavy atom. The molecular formula is C19H15ClFNO4S. The number of amides is 1. The van der Waals surface area contributed by atoms with Crippen LogP contribution in [-0.2, 0) is 9.84 Å². The van der Waals surface area contributed by atoms with Crippen LogP contribution in [0.25, 0.3) is 0 Å². The van der Waals surface area contributed by atoms with Crippen LogP contribution in [0.4, 0.5) is 4.39 Å². The van der Waals surface area contributed by atoms with Gasteiger partial charge >= 0.3 is 0 Å². The van der Waals surface area contributed by atoms with Crippen LogP contribution in [0.2, 0.25) is 5.02 Å². The Bertz CT molecular complexity index is 1030. The zero-order chi connectivity index (χ0) is 19.4. The standard InChI is InChI=1S/C19H15ClFNO4S/c20-14-4-1-3-13(11-14)19(23)22-12-18(17-5-2-10-26-17)27(24,25)16-8-6-15(21)7-9-16/h1-11,18H,12H2,(H,22,23). The van der Waals surface area contributed by atoms with E-state index < -0.39 is 26.8 Å². The molecule has 0 spiro atoms. The van der Waals surface area contributed by atoms with Gasteiger partial charge in [0.25, 0.3) is 5.91 Å². The number of benzene rings is 2. The molecule has 0 radical (unpaired) electrons. The quantitative estimate of drug-likeness (QED) is 0.626. The van der Waals surface area contributed by atoms with Gasteiger partial charge < -0.3 is 9.73 Å². The molecule has 0 aliphatic rings. The summed E-state index contributed by atoms with van der Waals surface area (Å²) in [5, 5.41) is 1.82. The van der Waals surface area contributed by atoms with E-state index in [9.17, 15) is 17.6 Å². The first-order valence-electron chi connectivity index (χ1n) is 7.94. The van der Waals surface area contributed by atoms with Gasteiger partial charge in [-0.05, 0) is 54.6 Å². The Balaban J connectivity index is 1.86. The van der Waals surface area contributed by atoms with Gasteiger partial charge in [-0.15, -0.1) is 0 Å². The molecule has 1 aromatic heterocycles. The van der Waals surface area contributed by atoms with Crippen molar-refractivity contribution >= 4 is 27.3 Å². The third-order valence-electron chi connectivity index (χ3n) is 3.91. The molecule has 2 aromatic carbocycles. The van der Waals surface area contributed by atoms with Gasteiger partial charge in [0.05, 0.1) is 11.2 Å². The monoisotopic (exact) mass is 407 g/mol. The van der Waals surface area contributed by atoms with Crippen molar-refractivity contribution < 1.29 is 22.0 Å². The Morgan fingerprint density at radius 2 is 1.85 bits per heavy atom. The van der Waals surface area contributed by atoms with Crippen LogP contribution in [-0.4, -0.2) is 20.9 Å². The highest BCUT2D eigenvalue weighted by atomic mass is 35.5. The summed E-state index contributed by atoms with van der Waals surface area (Å²) in [5.41, 5.74) is 0.305. The van der Waals surface area contributed by atoms with Crippen LogP contribution in [0, 0.1) is 5.82 Å². The Kier molecular flexibility index (Phi) is 5.62. The zero-order valence-electron chi connectivity index (χ0n) is 13.9. The van der Waals surface area contributed by atoms with Gasteiger partial charge in [-0.2, -0.15) is 0 Å². The number of furan rings is 1. The maximum atomic E-state index is 13.1. The molecule has 1 unspecified atom stereocenters. The average molecular weight is 408 g/mol. The zero-order valence-corrected chi connectivity index (χ0v) is 15.5. The second kappa shape index (κ2) is 7.94. The summed E-state index contributed by atoms with van der Waals surface area (Å²) in [4.78, 5) is 12.3. The lowest BCUT2D eigenvalue weighted by molar-refractivity contribution is 0.0953. The Morgan fingerprint density at radius 1 is 1.11 bits per heavy atom. The SMILES string of the molecule is O=C(NCC(c1ccco1)S(=O)(=O)c1ccc(F)cc1)c1cccc(Cl)c1. The molecule has 1 heterocycles. The van der Waals surface area contributed by atoms with E-state index in [1.54, 1.807) is 24.3 Å². The third-order valence-corrected chi connectivity index (χ3v) is 6.22. The second-order valence-electron chi connectivity index (χ2n) is 5.72. The van der Waals surface area contributed by atoms with Crippen LogP contribution in [0.5, 0.6) is 0 Å². The van der Waals surface area contributed by atoms with Crippen molar-refractivity contribution in [2.45, 2.75) is 10.1 Å². The fourth-order valence-electron chi connectivity index (χ4n) is 2.54. The van der Waals surface area contributed by atoms with Gasteiger partial charge in [0.2, 0.25) is 0 Å². The van der Waals surface area contributed by atoms with Crippen LogP contribution >= 0.6 is 11.6 Å². The molecule has 0 saturated heterocycles. The predicted octanol–water partition coefficient (Wildman–Crippen LogP) is 4.02. The summed E-state index contributed by atoms with van der Waals surface area (Å²) >= 11 is 5.88. The lowest BCUT2D eigenvalue weighted by Gasteiger charge is -2.17. The van der Waals surface area contributed by atoms with Gasteiger partial charge in [-0.1, -0.05) is 17.7 Å². The number of carbonyl (C=O) groups is 1. The van der Waals surface area contributed by atoms with Crippen molar-refractivity contribution in [2.24, 2.45) is 0 Å². The third kappa shape index (κ3) is 4.37. The minimum absolute atomic E-state index is 0.0673. The molecule has 5 nitrogen and oxygen atoms in total. The lowest BCUT2D eigenvalue weighted by Crippen LogP contribution is -2.31. The maximum absolute atomic E-state index is 13.1. The lowest BCUT2D eigenvalue weighted by atomic mass is 10.2. The largest absolute Gasteiger partial charge is 0.468 e. The van der Waals surface area contributed by atoms with Crippen molar-refractivity contribution in [1.29, 1.82) is 0 Å². The van der Waals surface area contributed by atoms with E-state index >= 15 is 0 Å². The summed E-state index contributed by atoms with van der Waals surface area (Å²) in [6, 6.07) is 13.9. The Labute approximate surface area is 160 Å². The number of nitrogens with one attached hydrogen (secondary N) is 1. The molecule has 8 heteroatoms. The molecule has 3 aromatic rings. The van der Waals surface area contributed by atoms with Crippen molar-refractivity contribution in [1.82, 2.24) is 5.32 Å². The van der Waals surface area contributed by atoms with Crippen molar-refractivity contribution in [3.8, 4) is 0 Å². The molecule has 1 N–H and O–H groups in total. The predicted molar refractivity (Wildman–Crippen MR) is 98.8 cm³/mol. The molecular weight excluding hydrogens is 393 g/mol. The minimum atomic E-state index is -3.93. The van der Waals surface area contributed by atoms with Crippen LogP contribution in [0.15, 0.2) is 76.2 Å². The highest BCUT2D eigenvalue weighted by molar-refractivity contribution is 7.91. The van der Waals surface area contributed by atoms with Crippen LogP contribution in [0.1, 0.15) is 21.4 Å². The van der Waals surface area contributed by atoms with E-state index in [0.717, 1.165) is 12.1 Å². The summed E-state index contributed by atoms with van der Waals surface area (Å²) in [6.07, 6.45) is 1.35. The van der Waals surface area contributed by atoms with Gasteiger partial charge in [-0.25, -0.2) is 12.8 Å². The van der Waals surface area contributed by atoms with Crippen molar-refractivity contribution in [3.05, 3.63) is 89.1 Å². The summed E-state index contributed by atoms with van der Waals surface area (Å²) in [7, 11) is -3.93. The molecule has 1 atom stereocenters. The highest BCUT2D eigenvalue weighted by Gasteiger charge is 2.32. The van der Waals surface area contributed by atoms with Gasteiger partial charge in [0.15, 0.2) is 9.84 Å². The molecule has 0 fully saturated rings. The molecule has 0 aliphatic heterocycles. The number of rotatable bonds is 6. The number of carbonyl (C=O) groups excluding carboxylic acids is 1. The van der Waals surface area contributed by atoms with Gasteiger partial charge in [0.1, 0.15) is 16.8 Å². The molecule has 0 aliphatic carbocycles. The number of hydrogen-bond acceptors (Lipinski definition) is 4. The summed E-state index contributed by atoms with van der Waals surface area (Å²) in [6.45, 7) is -0.224. The first-order chi connectivity index (χ1) is 12.9. The normalized spacial score (nSPS) is 12.5. The van der Waals surface area contributed by atoms with E-state index in [1.807, 2.05) is 0 Å². The molecule has 1 amide bonds. The fraction of sp³-hybridized carbons (Fsp3) is 0.105. The first-order valence-corrected chi connectivity index (χ1v) is 9.87.